The molecule has 2 aliphatic heterocycles. The van der Waals surface area contributed by atoms with Crippen LogP contribution in [0.2, 0.25) is 0 Å². The predicted octanol–water partition coefficient (Wildman–Crippen LogP) is -1.62. The first-order chi connectivity index (χ1) is 6.10. The molecule has 0 unspecified atom stereocenters. The van der Waals surface area contributed by atoms with Gasteiger partial charge in [-0.1, -0.05) is 0 Å². The van der Waals surface area contributed by atoms with Gasteiger partial charge in [0.15, 0.2) is 0 Å². The van der Waals surface area contributed by atoms with Crippen LogP contribution in [0.25, 0.3) is 0 Å². The van der Waals surface area contributed by atoms with E-state index in [1.54, 1.807) is 0 Å². The Morgan fingerprint density at radius 1 is 1.08 bits per heavy atom. The molecule has 0 amide bonds. The van der Waals surface area contributed by atoms with Gasteiger partial charge in [0, 0.05) is 0 Å². The van der Waals surface area contributed by atoms with Gasteiger partial charge in [0.25, 0.3) is 0 Å². The first-order valence-corrected chi connectivity index (χ1v) is 11.3. The second-order valence-electron chi connectivity index (χ2n) is 1.20. The van der Waals surface area contributed by atoms with Gasteiger partial charge in [0.1, 0.15) is 0 Å². The minimum absolute atomic E-state index is 0.125. The summed E-state index contributed by atoms with van der Waals surface area (Å²) in [5, 5.41) is 0. The van der Waals surface area contributed by atoms with E-state index >= 15 is 0 Å². The Morgan fingerprint density at radius 3 is 1.38 bits per heavy atom. The van der Waals surface area contributed by atoms with Gasteiger partial charge in [0.2, 0.25) is 0 Å². The molecule has 2 rings (SSSR count). The van der Waals surface area contributed by atoms with Crippen LogP contribution in [0.1, 0.15) is 0 Å². The Balaban J connectivity index is 0.000000189. The summed E-state index contributed by atoms with van der Waals surface area (Å²) in [5.74, 6) is 0. The van der Waals surface area contributed by atoms with Crippen LogP contribution in [0, 0.1) is 0 Å². The molecule has 0 aromatic rings. The van der Waals surface area contributed by atoms with Crippen LogP contribution in [0.4, 0.5) is 4.79 Å². The molecule has 13 heavy (non-hydrogen) atoms. The molecule has 0 atom stereocenters. The molecule has 0 aliphatic carbocycles. The van der Waals surface area contributed by atoms with E-state index < -0.39 is 66.8 Å². The summed E-state index contributed by atoms with van der Waals surface area (Å²) in [5.41, 5.74) is 0. The molecule has 0 bridgehead atoms. The van der Waals surface area contributed by atoms with Crippen LogP contribution in [-0.2, 0) is 41.9 Å². The summed E-state index contributed by atoms with van der Waals surface area (Å²) in [6.07, 6.45) is -0.478. The minimum atomic E-state index is -3.40. The predicted molar refractivity (Wildman–Crippen MR) is 30.9 cm³/mol. The number of rotatable bonds is 0. The Hall–Kier alpha value is 1.41. The second kappa shape index (κ2) is 7.67. The fourth-order valence-electron chi connectivity index (χ4n) is 0.165. The van der Waals surface area contributed by atoms with Gasteiger partial charge in [0.05, 0.1) is 0 Å². The zero-order valence-corrected chi connectivity index (χ0v) is 17.4. The summed E-state index contributed by atoms with van der Waals surface area (Å²) in [7, 11) is -3.40. The maximum absolute atomic E-state index is 9.69. The molecule has 12 heteroatoms. The maximum atomic E-state index is 9.69. The molecule has 2 saturated heterocycles. The van der Waals surface area contributed by atoms with Crippen LogP contribution in [0.3, 0.4) is 0 Å². The van der Waals surface area contributed by atoms with E-state index in [2.05, 4.69) is 9.64 Å². The Bertz CT molecular complexity index is 245. The molecule has 0 spiro atoms. The van der Waals surface area contributed by atoms with Crippen molar-refractivity contribution in [2.75, 3.05) is 0 Å². The van der Waals surface area contributed by atoms with Crippen LogP contribution in [0.15, 0.2) is 0 Å². The zero-order chi connectivity index (χ0) is 10.3. The number of hydrogen-bond acceptors (Lipinski definition) is 8. The molecule has 0 saturated carbocycles. The van der Waals surface area contributed by atoms with Crippen LogP contribution < -0.4 is 0 Å². The molecule has 0 aromatic heterocycles. The van der Waals surface area contributed by atoms with E-state index in [-0.39, 0.29) is 18.3 Å². The molecular weight excluding hydrogens is 652 g/mol. The van der Waals surface area contributed by atoms with Crippen molar-refractivity contribution in [2.45, 2.75) is 0 Å². The van der Waals surface area contributed by atoms with Gasteiger partial charge in [-0.05, 0) is 0 Å². The Kier molecular flexibility index (Phi) is 8.50. The summed E-state index contributed by atoms with van der Waals surface area (Å²) in [4.78, 5) is 9.50. The second-order valence-corrected chi connectivity index (χ2v) is 9.12. The third-order valence-electron chi connectivity index (χ3n) is 0.522. The van der Waals surface area contributed by atoms with Gasteiger partial charge in [-0.15, -0.1) is 0 Å². The normalized spacial score (nSPS) is 20.9. The van der Waals surface area contributed by atoms with Crippen molar-refractivity contribution >= 4 is 66.8 Å². The molecule has 0 N–H and O–H groups in total. The fourth-order valence-corrected chi connectivity index (χ4v) is 3.02. The van der Waals surface area contributed by atoms with Crippen molar-refractivity contribution in [1.29, 1.82) is 0 Å². The third-order valence-corrected chi connectivity index (χ3v) is 9.36. The van der Waals surface area contributed by atoms with Crippen molar-refractivity contribution in [3.05, 3.63) is 0 Å². The summed E-state index contributed by atoms with van der Waals surface area (Å²) < 4.78 is 44.4. The van der Waals surface area contributed by atoms with Crippen molar-refractivity contribution in [2.24, 2.45) is 0 Å². The van der Waals surface area contributed by atoms with Crippen molar-refractivity contribution < 1.29 is 44.7 Å². The zero-order valence-electron chi connectivity index (χ0n) is 5.88. The average molecular weight is 652 g/mol. The third kappa shape index (κ3) is 7.35. The summed E-state index contributed by atoms with van der Waals surface area (Å²) >= 11 is -2.51. The summed E-state index contributed by atoms with van der Waals surface area (Å²) in [6.45, 7) is 0. The Morgan fingerprint density at radius 2 is 1.38 bits per heavy atom. The number of carbonyl (C=O) groups excluding carboxylic acids is 1. The molecule has 2 heterocycles. The SMILES string of the molecule is O=C1[O][Pb][O]1.O=S1(=O)[O][Pb][O]1.[O]=[Zn]. The van der Waals surface area contributed by atoms with Gasteiger partial charge in [-0.2, -0.15) is 0 Å². The Labute approximate surface area is 110 Å². The van der Waals surface area contributed by atoms with Gasteiger partial charge in [-0.25, -0.2) is 0 Å². The van der Waals surface area contributed by atoms with Crippen molar-refractivity contribution in [1.82, 2.24) is 0 Å². The topological polar surface area (TPSA) is 105 Å². The van der Waals surface area contributed by atoms with E-state index in [4.69, 9.17) is 3.57 Å². The fraction of sp³-hybridized carbons (Fsp3) is 0. The number of carbonyl (C=O) groups is 1. The summed E-state index contributed by atoms with van der Waals surface area (Å²) in [6, 6.07) is 0. The molecule has 8 nitrogen and oxygen atoms in total. The van der Waals surface area contributed by atoms with Crippen LogP contribution in [0.5, 0.6) is 0 Å². The van der Waals surface area contributed by atoms with Crippen molar-refractivity contribution in [3.8, 4) is 0 Å². The molecule has 2 aliphatic rings. The van der Waals surface area contributed by atoms with Crippen LogP contribution >= 0.6 is 0 Å². The van der Waals surface area contributed by atoms with E-state index in [9.17, 15) is 13.2 Å². The van der Waals surface area contributed by atoms with E-state index in [0.717, 1.165) is 0 Å². The first kappa shape index (κ1) is 14.4. The molecular formula is CO8Pb2SZn. The molecule has 68 valence electrons. The molecule has 0 aromatic carbocycles. The van der Waals surface area contributed by atoms with Crippen molar-refractivity contribution in [3.63, 3.8) is 0 Å². The van der Waals surface area contributed by atoms with Gasteiger partial charge in [-0.3, -0.25) is 0 Å². The standard InChI is InChI=1S/CH2O3.H2O4S.O.2Pb.Zn/c2-1(3)4;1-5(2,3)4;;;;/h(H2,2,3,4);(H2,1,2,3,4);;;;/q;;;2*+2;/p-4. The van der Waals surface area contributed by atoms with E-state index in [0.29, 0.717) is 0 Å². The quantitative estimate of drug-likeness (QED) is 0.288. The average Bonchev–Trinajstić information content (AvgIpc) is 2.03. The first-order valence-electron chi connectivity index (χ1n) is 2.38. The van der Waals surface area contributed by atoms with Crippen LogP contribution in [-0.4, -0.2) is 64.9 Å². The number of hydrogen-bond donors (Lipinski definition) is 0. The van der Waals surface area contributed by atoms with E-state index in [1.807, 2.05) is 0 Å². The van der Waals surface area contributed by atoms with Gasteiger partial charge < -0.3 is 0 Å². The molecule has 2 fully saturated rings. The molecule has 4 radical (unpaired) electrons. The van der Waals surface area contributed by atoms with E-state index in [1.165, 1.54) is 0 Å². The monoisotopic (exact) mass is 652 g/mol. The van der Waals surface area contributed by atoms with Gasteiger partial charge >= 0.3 is 112 Å².